The van der Waals surface area contributed by atoms with E-state index in [2.05, 4.69) is 0 Å². The molecule has 0 saturated carbocycles. The van der Waals surface area contributed by atoms with Gasteiger partial charge in [0.05, 0.1) is 0 Å². The van der Waals surface area contributed by atoms with Crippen LogP contribution < -0.4 is 0 Å². The lowest BCUT2D eigenvalue weighted by Crippen LogP contribution is -2.35. The number of rotatable bonds is 3. The van der Waals surface area contributed by atoms with Crippen LogP contribution in [0.3, 0.4) is 0 Å². The fourth-order valence-electron chi connectivity index (χ4n) is 1.31. The number of hydrogen-bond donors (Lipinski definition) is 1. The fourth-order valence-corrected chi connectivity index (χ4v) is 1.52. The van der Waals surface area contributed by atoms with E-state index in [1.54, 1.807) is 7.05 Å². The van der Waals surface area contributed by atoms with Crippen molar-refractivity contribution >= 4 is 17.7 Å². The van der Waals surface area contributed by atoms with Crippen molar-refractivity contribution in [1.29, 1.82) is 0 Å². The van der Waals surface area contributed by atoms with E-state index < -0.39 is 6.09 Å². The Morgan fingerprint density at radius 2 is 2.13 bits per heavy atom. The molecule has 15 heavy (non-hydrogen) atoms. The second kappa shape index (κ2) is 5.03. The minimum absolute atomic E-state index is 0.0811. The van der Waals surface area contributed by atoms with E-state index in [9.17, 15) is 4.79 Å². The zero-order valence-electron chi connectivity index (χ0n) is 8.77. The van der Waals surface area contributed by atoms with E-state index in [-0.39, 0.29) is 6.04 Å². The van der Waals surface area contributed by atoms with Crippen molar-refractivity contribution in [1.82, 2.24) is 4.90 Å². The highest BCUT2D eigenvalue weighted by atomic mass is 35.5. The molecular formula is C11H14ClNO2. The summed E-state index contributed by atoms with van der Waals surface area (Å²) in [6, 6.07) is 7.40. The maximum absolute atomic E-state index is 10.7. The second-order valence-corrected chi connectivity index (χ2v) is 3.95. The first-order chi connectivity index (χ1) is 7.02. The van der Waals surface area contributed by atoms with E-state index in [4.69, 9.17) is 16.7 Å². The van der Waals surface area contributed by atoms with Crippen molar-refractivity contribution < 1.29 is 9.90 Å². The Morgan fingerprint density at radius 1 is 1.53 bits per heavy atom. The first kappa shape index (κ1) is 11.9. The molecule has 4 heteroatoms. The topological polar surface area (TPSA) is 40.5 Å². The van der Waals surface area contributed by atoms with Gasteiger partial charge in [-0.25, -0.2) is 4.79 Å². The monoisotopic (exact) mass is 227 g/mol. The van der Waals surface area contributed by atoms with E-state index in [0.29, 0.717) is 11.4 Å². The van der Waals surface area contributed by atoms with E-state index in [1.165, 1.54) is 4.90 Å². The standard InChI is InChI=1S/C11H14ClNO2/c1-8(13(2)11(14)15)7-9-5-3-4-6-10(9)12/h3-6,8H,7H2,1-2H3,(H,14,15). The molecule has 0 radical (unpaired) electrons. The summed E-state index contributed by atoms with van der Waals surface area (Å²) in [4.78, 5) is 12.0. The summed E-state index contributed by atoms with van der Waals surface area (Å²) in [5, 5.41) is 9.48. The predicted molar refractivity (Wildman–Crippen MR) is 60.4 cm³/mol. The molecule has 0 aromatic heterocycles. The molecule has 0 bridgehead atoms. The molecule has 1 aromatic rings. The van der Waals surface area contributed by atoms with E-state index >= 15 is 0 Å². The molecule has 82 valence electrons. The molecule has 1 N–H and O–H groups in total. The van der Waals surface area contributed by atoms with Gasteiger partial charge in [-0.3, -0.25) is 0 Å². The Labute approximate surface area is 94.3 Å². The Kier molecular flexibility index (Phi) is 3.97. The number of amides is 1. The summed E-state index contributed by atoms with van der Waals surface area (Å²) in [5.74, 6) is 0. The van der Waals surface area contributed by atoms with Crippen LogP contribution in [0, 0.1) is 0 Å². The van der Waals surface area contributed by atoms with Crippen molar-refractivity contribution in [3.8, 4) is 0 Å². The molecule has 1 rings (SSSR count). The van der Waals surface area contributed by atoms with Gasteiger partial charge in [-0.1, -0.05) is 29.8 Å². The lowest BCUT2D eigenvalue weighted by molar-refractivity contribution is 0.141. The summed E-state index contributed by atoms with van der Waals surface area (Å²) in [5.41, 5.74) is 0.972. The van der Waals surface area contributed by atoms with Crippen molar-refractivity contribution in [3.63, 3.8) is 0 Å². The lowest BCUT2D eigenvalue weighted by atomic mass is 10.1. The highest BCUT2D eigenvalue weighted by molar-refractivity contribution is 6.31. The summed E-state index contributed by atoms with van der Waals surface area (Å²) >= 11 is 5.99. The molecular weight excluding hydrogens is 214 g/mol. The van der Waals surface area contributed by atoms with Crippen LogP contribution in [-0.2, 0) is 6.42 Å². The van der Waals surface area contributed by atoms with Gasteiger partial charge in [0.2, 0.25) is 0 Å². The van der Waals surface area contributed by atoms with Crippen LogP contribution in [0.4, 0.5) is 4.79 Å². The van der Waals surface area contributed by atoms with Gasteiger partial charge in [-0.15, -0.1) is 0 Å². The van der Waals surface area contributed by atoms with Gasteiger partial charge in [0.25, 0.3) is 0 Å². The number of carbonyl (C=O) groups is 1. The Bertz CT molecular complexity index is 354. The van der Waals surface area contributed by atoms with Gasteiger partial charge < -0.3 is 10.0 Å². The quantitative estimate of drug-likeness (QED) is 0.863. The van der Waals surface area contributed by atoms with Crippen LogP contribution in [0.1, 0.15) is 12.5 Å². The zero-order chi connectivity index (χ0) is 11.4. The molecule has 1 atom stereocenters. The van der Waals surface area contributed by atoms with Crippen molar-refractivity contribution in [2.75, 3.05) is 7.05 Å². The van der Waals surface area contributed by atoms with Crippen LogP contribution in [-0.4, -0.2) is 29.2 Å². The number of halogens is 1. The van der Waals surface area contributed by atoms with Crippen LogP contribution in [0.15, 0.2) is 24.3 Å². The minimum Gasteiger partial charge on any atom is -0.465 e. The third-order valence-electron chi connectivity index (χ3n) is 2.44. The van der Waals surface area contributed by atoms with Crippen molar-refractivity contribution in [2.45, 2.75) is 19.4 Å². The summed E-state index contributed by atoms with van der Waals surface area (Å²) in [6.45, 7) is 1.86. The highest BCUT2D eigenvalue weighted by Crippen LogP contribution is 2.17. The molecule has 0 saturated heterocycles. The molecule has 1 amide bonds. The molecule has 0 spiro atoms. The summed E-state index contributed by atoms with van der Waals surface area (Å²) in [6.07, 6.45) is -0.294. The summed E-state index contributed by atoms with van der Waals surface area (Å²) < 4.78 is 0. The third kappa shape index (κ3) is 3.13. The molecule has 0 aliphatic carbocycles. The van der Waals surface area contributed by atoms with Crippen LogP contribution in [0.25, 0.3) is 0 Å². The molecule has 0 aliphatic heterocycles. The van der Waals surface area contributed by atoms with Gasteiger partial charge in [-0.05, 0) is 25.0 Å². The smallest absolute Gasteiger partial charge is 0.407 e. The molecule has 0 fully saturated rings. The average Bonchev–Trinajstić information content (AvgIpc) is 2.20. The molecule has 1 unspecified atom stereocenters. The number of nitrogens with zero attached hydrogens (tertiary/aromatic N) is 1. The number of likely N-dealkylation sites (N-methyl/N-ethyl adjacent to an activating group) is 1. The third-order valence-corrected chi connectivity index (χ3v) is 2.80. The number of hydrogen-bond acceptors (Lipinski definition) is 1. The highest BCUT2D eigenvalue weighted by Gasteiger charge is 2.15. The zero-order valence-corrected chi connectivity index (χ0v) is 9.53. The lowest BCUT2D eigenvalue weighted by Gasteiger charge is -2.22. The second-order valence-electron chi connectivity index (χ2n) is 3.54. The normalized spacial score (nSPS) is 12.2. The Hall–Kier alpha value is -1.22. The van der Waals surface area contributed by atoms with Crippen LogP contribution in [0.5, 0.6) is 0 Å². The predicted octanol–water partition coefficient (Wildman–Crippen LogP) is 2.88. The van der Waals surface area contributed by atoms with Gasteiger partial charge >= 0.3 is 6.09 Å². The number of benzene rings is 1. The first-order valence-corrected chi connectivity index (χ1v) is 5.09. The summed E-state index contributed by atoms with van der Waals surface area (Å²) in [7, 11) is 1.56. The van der Waals surface area contributed by atoms with Crippen LogP contribution >= 0.6 is 11.6 Å². The maximum Gasteiger partial charge on any atom is 0.407 e. The van der Waals surface area contributed by atoms with Crippen LogP contribution in [0.2, 0.25) is 5.02 Å². The van der Waals surface area contributed by atoms with Gasteiger partial charge in [0, 0.05) is 18.1 Å². The van der Waals surface area contributed by atoms with Gasteiger partial charge in [-0.2, -0.15) is 0 Å². The van der Waals surface area contributed by atoms with Gasteiger partial charge in [0.15, 0.2) is 0 Å². The Balaban J connectivity index is 2.70. The van der Waals surface area contributed by atoms with Gasteiger partial charge in [0.1, 0.15) is 0 Å². The SMILES string of the molecule is CC(Cc1ccccc1Cl)N(C)C(=O)O. The molecule has 0 heterocycles. The molecule has 0 aliphatic rings. The molecule has 1 aromatic carbocycles. The van der Waals surface area contributed by atoms with Crippen molar-refractivity contribution in [2.24, 2.45) is 0 Å². The Morgan fingerprint density at radius 3 is 2.67 bits per heavy atom. The van der Waals surface area contributed by atoms with E-state index in [0.717, 1.165) is 5.56 Å². The first-order valence-electron chi connectivity index (χ1n) is 4.71. The van der Waals surface area contributed by atoms with E-state index in [1.807, 2.05) is 31.2 Å². The fraction of sp³-hybridized carbons (Fsp3) is 0.364. The maximum atomic E-state index is 10.7. The number of carboxylic acid groups (broad SMARTS) is 1. The largest absolute Gasteiger partial charge is 0.465 e. The average molecular weight is 228 g/mol. The minimum atomic E-state index is -0.922. The van der Waals surface area contributed by atoms with Crippen molar-refractivity contribution in [3.05, 3.63) is 34.9 Å². The molecule has 3 nitrogen and oxygen atoms in total.